The number of rotatable bonds is 69. The highest BCUT2D eigenvalue weighted by atomic mass is 16.5. The summed E-state index contributed by atoms with van der Waals surface area (Å²) in [5.41, 5.74) is 0. The Hall–Kier alpha value is -1.40. The van der Waals surface area contributed by atoms with Gasteiger partial charge in [-0.3, -0.25) is 9.59 Å². The number of aliphatic hydroxyl groups excluding tert-OH is 2. The molecule has 0 bridgehead atoms. The predicted octanol–water partition coefficient (Wildman–Crippen LogP) is 23.5. The van der Waals surface area contributed by atoms with E-state index in [0.29, 0.717) is 19.4 Å². The topological polar surface area (TPSA) is 95.9 Å². The summed E-state index contributed by atoms with van der Waals surface area (Å²) in [7, 11) is 0. The van der Waals surface area contributed by atoms with Gasteiger partial charge in [0.2, 0.25) is 5.91 Å². The van der Waals surface area contributed by atoms with Crippen LogP contribution in [0.3, 0.4) is 0 Å². The molecule has 0 fully saturated rings. The molecule has 2 unspecified atom stereocenters. The van der Waals surface area contributed by atoms with E-state index in [9.17, 15) is 19.8 Å². The van der Waals surface area contributed by atoms with Gasteiger partial charge in [-0.15, -0.1) is 0 Å². The zero-order chi connectivity index (χ0) is 57.1. The Bertz CT molecular complexity index is 1190. The maximum absolute atomic E-state index is 12.5. The van der Waals surface area contributed by atoms with Gasteiger partial charge < -0.3 is 20.3 Å². The van der Waals surface area contributed by atoms with Gasteiger partial charge in [-0.25, -0.2) is 0 Å². The standard InChI is InChI=1S/C73H143NO5/c1-3-5-7-9-11-13-15-17-18-19-20-21-22-23-26-29-32-35-38-42-45-49-53-57-61-65-71(76)70(69-75)74-72(77)66-62-58-54-50-46-43-39-36-33-30-27-24-25-28-31-34-37-40-44-48-52-56-60-64-68-79-73(78)67-63-59-55-51-47-41-16-14-12-10-8-6-4-2/h61,65,70-71,75-76H,3-60,62-64,66-69H2,1-2H3,(H,74,77)/b65-61+. The Labute approximate surface area is 495 Å². The molecule has 0 aliphatic carbocycles. The summed E-state index contributed by atoms with van der Waals surface area (Å²) in [5, 5.41) is 23.3. The molecule has 0 aliphatic heterocycles. The van der Waals surface area contributed by atoms with Gasteiger partial charge in [0.1, 0.15) is 0 Å². The fraction of sp³-hybridized carbons (Fsp3) is 0.945. The molecule has 79 heavy (non-hydrogen) atoms. The average molecular weight is 1110 g/mol. The number of allylic oxidation sites excluding steroid dienone is 1. The van der Waals surface area contributed by atoms with Gasteiger partial charge in [0.05, 0.1) is 25.4 Å². The van der Waals surface area contributed by atoms with Gasteiger partial charge in [0.25, 0.3) is 0 Å². The highest BCUT2D eigenvalue weighted by Gasteiger charge is 2.18. The molecule has 2 atom stereocenters. The molecule has 3 N–H and O–H groups in total. The van der Waals surface area contributed by atoms with Gasteiger partial charge >= 0.3 is 5.97 Å². The van der Waals surface area contributed by atoms with E-state index in [0.717, 1.165) is 38.5 Å². The van der Waals surface area contributed by atoms with Crippen LogP contribution < -0.4 is 5.32 Å². The third-order valence-corrected chi connectivity index (χ3v) is 17.3. The Morgan fingerprint density at radius 3 is 0.861 bits per heavy atom. The van der Waals surface area contributed by atoms with E-state index >= 15 is 0 Å². The minimum Gasteiger partial charge on any atom is -0.466 e. The summed E-state index contributed by atoms with van der Waals surface area (Å²) in [5.74, 6) is -0.0437. The molecule has 6 nitrogen and oxygen atoms in total. The van der Waals surface area contributed by atoms with Gasteiger partial charge in [0, 0.05) is 12.8 Å². The first-order valence-electron chi connectivity index (χ1n) is 36.5. The predicted molar refractivity (Wildman–Crippen MR) is 347 cm³/mol. The van der Waals surface area contributed by atoms with Gasteiger partial charge in [0.15, 0.2) is 0 Å². The van der Waals surface area contributed by atoms with Crippen molar-refractivity contribution in [2.24, 2.45) is 0 Å². The van der Waals surface area contributed by atoms with Crippen LogP contribution in [-0.2, 0) is 14.3 Å². The van der Waals surface area contributed by atoms with Crippen LogP contribution in [0, 0.1) is 0 Å². The molecule has 470 valence electrons. The lowest BCUT2D eigenvalue weighted by Gasteiger charge is -2.20. The normalized spacial score (nSPS) is 12.5. The molecule has 0 spiro atoms. The minimum absolute atomic E-state index is 0.0177. The number of nitrogens with one attached hydrogen (secondary N) is 1. The number of hydrogen-bond donors (Lipinski definition) is 3. The summed E-state index contributed by atoms with van der Waals surface area (Å²) in [6, 6.07) is -0.628. The van der Waals surface area contributed by atoms with E-state index in [1.54, 1.807) is 6.08 Å². The maximum atomic E-state index is 12.5. The van der Waals surface area contributed by atoms with Crippen molar-refractivity contribution in [1.29, 1.82) is 0 Å². The zero-order valence-corrected chi connectivity index (χ0v) is 53.9. The van der Waals surface area contributed by atoms with Crippen molar-refractivity contribution >= 4 is 11.9 Å². The first-order chi connectivity index (χ1) is 39.0. The first-order valence-corrected chi connectivity index (χ1v) is 36.5. The largest absolute Gasteiger partial charge is 0.466 e. The molecule has 0 radical (unpaired) electrons. The quantitative estimate of drug-likeness (QED) is 0.0320. The molecule has 0 heterocycles. The minimum atomic E-state index is -0.845. The van der Waals surface area contributed by atoms with Crippen LogP contribution in [0.25, 0.3) is 0 Å². The van der Waals surface area contributed by atoms with Crippen molar-refractivity contribution in [2.45, 2.75) is 431 Å². The number of aliphatic hydroxyl groups is 2. The lowest BCUT2D eigenvalue weighted by molar-refractivity contribution is -0.143. The Balaban J connectivity index is 3.39. The molecule has 0 aromatic carbocycles. The number of carbonyl (C=O) groups is 2. The van der Waals surface area contributed by atoms with E-state index in [4.69, 9.17) is 4.74 Å². The zero-order valence-electron chi connectivity index (χ0n) is 53.9. The van der Waals surface area contributed by atoms with Crippen LogP contribution in [0.15, 0.2) is 12.2 Å². The second-order valence-electron chi connectivity index (χ2n) is 25.3. The number of hydrogen-bond acceptors (Lipinski definition) is 5. The van der Waals surface area contributed by atoms with E-state index in [-0.39, 0.29) is 18.5 Å². The lowest BCUT2D eigenvalue weighted by atomic mass is 10.0. The fourth-order valence-electron chi connectivity index (χ4n) is 11.8. The molecular weight excluding hydrogens is 971 g/mol. The van der Waals surface area contributed by atoms with Crippen molar-refractivity contribution in [3.8, 4) is 0 Å². The van der Waals surface area contributed by atoms with E-state index in [1.807, 2.05) is 6.08 Å². The third-order valence-electron chi connectivity index (χ3n) is 17.3. The lowest BCUT2D eigenvalue weighted by Crippen LogP contribution is -2.45. The van der Waals surface area contributed by atoms with Crippen molar-refractivity contribution < 1.29 is 24.5 Å². The van der Waals surface area contributed by atoms with Gasteiger partial charge in [-0.1, -0.05) is 386 Å². The molecule has 0 saturated heterocycles. The monoisotopic (exact) mass is 1110 g/mol. The summed E-state index contributed by atoms with van der Waals surface area (Å²) < 4.78 is 5.49. The van der Waals surface area contributed by atoms with E-state index in [1.165, 1.54) is 353 Å². The second-order valence-corrected chi connectivity index (χ2v) is 25.3. The number of amides is 1. The molecule has 0 aromatic heterocycles. The van der Waals surface area contributed by atoms with Crippen LogP contribution in [0.5, 0.6) is 0 Å². The Kier molecular flexibility index (Phi) is 67.9. The number of carbonyl (C=O) groups excluding carboxylic acids is 2. The van der Waals surface area contributed by atoms with Crippen molar-refractivity contribution in [2.75, 3.05) is 13.2 Å². The highest BCUT2D eigenvalue weighted by molar-refractivity contribution is 5.76. The van der Waals surface area contributed by atoms with Crippen LogP contribution in [0.2, 0.25) is 0 Å². The maximum Gasteiger partial charge on any atom is 0.305 e. The first kappa shape index (κ1) is 77.6. The second kappa shape index (κ2) is 69.1. The highest BCUT2D eigenvalue weighted by Crippen LogP contribution is 2.19. The summed E-state index contributed by atoms with van der Waals surface area (Å²) in [4.78, 5) is 24.6. The van der Waals surface area contributed by atoms with Crippen LogP contribution in [0.4, 0.5) is 0 Å². The average Bonchev–Trinajstić information content (AvgIpc) is 3.45. The SMILES string of the molecule is CCCCCCCCCCCCCCCCCCCCCCCCC/C=C/C(O)C(CO)NC(=O)CCCCCCCCCCCCCCCCCCCCCCCCCCOC(=O)CCCCCCCCCCCCCCC. The fourth-order valence-corrected chi connectivity index (χ4v) is 11.8. The molecule has 0 aromatic rings. The van der Waals surface area contributed by atoms with E-state index in [2.05, 4.69) is 19.2 Å². The number of esters is 1. The smallest absolute Gasteiger partial charge is 0.305 e. The van der Waals surface area contributed by atoms with Gasteiger partial charge in [-0.05, 0) is 32.1 Å². The van der Waals surface area contributed by atoms with Crippen LogP contribution >= 0.6 is 0 Å². The van der Waals surface area contributed by atoms with E-state index < -0.39 is 12.1 Å². The Morgan fingerprint density at radius 1 is 0.342 bits per heavy atom. The van der Waals surface area contributed by atoms with Gasteiger partial charge in [-0.2, -0.15) is 0 Å². The van der Waals surface area contributed by atoms with Crippen molar-refractivity contribution in [3.63, 3.8) is 0 Å². The summed E-state index contributed by atoms with van der Waals surface area (Å²) in [6.07, 6.45) is 85.8. The van der Waals surface area contributed by atoms with Crippen molar-refractivity contribution in [3.05, 3.63) is 12.2 Å². The van der Waals surface area contributed by atoms with Crippen LogP contribution in [-0.4, -0.2) is 47.4 Å². The summed E-state index contributed by atoms with van der Waals surface area (Å²) in [6.45, 7) is 4.95. The number of unbranched alkanes of at least 4 members (excludes halogenated alkanes) is 58. The Morgan fingerprint density at radius 2 is 0.582 bits per heavy atom. The number of ether oxygens (including phenoxy) is 1. The molecular formula is C73H143NO5. The summed E-state index contributed by atoms with van der Waals surface area (Å²) >= 11 is 0. The van der Waals surface area contributed by atoms with Crippen LogP contribution in [0.1, 0.15) is 418 Å². The molecule has 0 saturated carbocycles. The third kappa shape index (κ3) is 65.6. The van der Waals surface area contributed by atoms with Crippen molar-refractivity contribution in [1.82, 2.24) is 5.32 Å². The molecule has 0 aliphatic rings. The molecule has 1 amide bonds. The molecule has 0 rings (SSSR count). The molecule has 6 heteroatoms.